The van der Waals surface area contributed by atoms with Crippen LogP contribution < -0.4 is 9.64 Å². The summed E-state index contributed by atoms with van der Waals surface area (Å²) in [5, 5.41) is 6.65. The standard InChI is InChI=1S/C14H16N4O2/c1-9-15-13(17-16-9)14(19)18-7-3-4-10-8-11(20-2)5-6-12(10)18/h5-6,8H,3-4,7H2,1-2H3,(H,15,16,17). The number of hydrogen-bond acceptors (Lipinski definition) is 4. The summed E-state index contributed by atoms with van der Waals surface area (Å²) in [5.74, 6) is 1.50. The number of carbonyl (C=O) groups excluding carboxylic acids is 1. The Bertz CT molecular complexity index is 650. The van der Waals surface area contributed by atoms with Crippen molar-refractivity contribution in [3.8, 4) is 5.75 Å². The topological polar surface area (TPSA) is 71.1 Å². The Morgan fingerprint density at radius 3 is 3.00 bits per heavy atom. The number of aromatic amines is 1. The van der Waals surface area contributed by atoms with Crippen LogP contribution in [-0.4, -0.2) is 34.7 Å². The van der Waals surface area contributed by atoms with Crippen molar-refractivity contribution < 1.29 is 9.53 Å². The van der Waals surface area contributed by atoms with Gasteiger partial charge in [0.05, 0.1) is 7.11 Å². The summed E-state index contributed by atoms with van der Waals surface area (Å²) in [4.78, 5) is 18.3. The van der Waals surface area contributed by atoms with Gasteiger partial charge in [0.1, 0.15) is 11.6 Å². The number of hydrogen-bond donors (Lipinski definition) is 1. The highest BCUT2D eigenvalue weighted by atomic mass is 16.5. The number of H-pyrrole nitrogens is 1. The summed E-state index contributed by atoms with van der Waals surface area (Å²) in [7, 11) is 1.64. The molecule has 0 atom stereocenters. The molecule has 6 nitrogen and oxygen atoms in total. The number of aryl methyl sites for hydroxylation is 2. The third-order valence-corrected chi connectivity index (χ3v) is 3.44. The second-order valence-electron chi connectivity index (χ2n) is 4.80. The average Bonchev–Trinajstić information content (AvgIpc) is 2.91. The van der Waals surface area contributed by atoms with Crippen molar-refractivity contribution in [3.05, 3.63) is 35.4 Å². The highest BCUT2D eigenvalue weighted by molar-refractivity contribution is 6.04. The van der Waals surface area contributed by atoms with Crippen LogP contribution in [0.5, 0.6) is 5.75 Å². The van der Waals surface area contributed by atoms with Gasteiger partial charge in [0, 0.05) is 12.2 Å². The minimum atomic E-state index is -0.166. The normalized spacial score (nSPS) is 14.0. The van der Waals surface area contributed by atoms with Gasteiger partial charge in [-0.15, -0.1) is 5.10 Å². The molecule has 1 N–H and O–H groups in total. The van der Waals surface area contributed by atoms with Gasteiger partial charge < -0.3 is 9.64 Å². The van der Waals surface area contributed by atoms with E-state index in [1.165, 1.54) is 0 Å². The molecule has 3 rings (SSSR count). The monoisotopic (exact) mass is 272 g/mol. The van der Waals surface area contributed by atoms with Crippen LogP contribution >= 0.6 is 0 Å². The lowest BCUT2D eigenvalue weighted by atomic mass is 10.0. The minimum Gasteiger partial charge on any atom is -0.497 e. The number of nitrogens with zero attached hydrogens (tertiary/aromatic N) is 3. The maximum absolute atomic E-state index is 12.5. The predicted octanol–water partition coefficient (Wildman–Crippen LogP) is 1.71. The van der Waals surface area contributed by atoms with Crippen LogP contribution in [0.3, 0.4) is 0 Å². The number of rotatable bonds is 2. The van der Waals surface area contributed by atoms with E-state index in [-0.39, 0.29) is 11.7 Å². The first kappa shape index (κ1) is 12.7. The maximum Gasteiger partial charge on any atom is 0.297 e. The molecule has 0 aliphatic carbocycles. The SMILES string of the molecule is COc1ccc2c(c1)CCCN2C(=O)c1n[nH]c(C)n1. The Kier molecular flexibility index (Phi) is 3.14. The van der Waals surface area contributed by atoms with Gasteiger partial charge in [-0.2, -0.15) is 0 Å². The van der Waals surface area contributed by atoms with Crippen molar-refractivity contribution in [2.24, 2.45) is 0 Å². The van der Waals surface area contributed by atoms with Crippen LogP contribution in [0.4, 0.5) is 5.69 Å². The number of aromatic nitrogens is 3. The predicted molar refractivity (Wildman–Crippen MR) is 74.1 cm³/mol. The molecule has 2 aromatic rings. The van der Waals surface area contributed by atoms with Crippen LogP contribution in [0.2, 0.25) is 0 Å². The van der Waals surface area contributed by atoms with Gasteiger partial charge in [-0.1, -0.05) is 0 Å². The third-order valence-electron chi connectivity index (χ3n) is 3.44. The zero-order valence-corrected chi connectivity index (χ0v) is 11.5. The molecule has 1 aliphatic heterocycles. The number of nitrogens with one attached hydrogen (secondary N) is 1. The zero-order chi connectivity index (χ0) is 14.1. The van der Waals surface area contributed by atoms with Crippen molar-refractivity contribution >= 4 is 11.6 Å². The molecule has 0 spiro atoms. The largest absolute Gasteiger partial charge is 0.497 e. The highest BCUT2D eigenvalue weighted by Crippen LogP contribution is 2.31. The molecule has 1 aliphatic rings. The van der Waals surface area contributed by atoms with E-state index in [4.69, 9.17) is 4.74 Å². The fourth-order valence-electron chi connectivity index (χ4n) is 2.47. The molecule has 1 aromatic carbocycles. The molecule has 2 heterocycles. The second kappa shape index (κ2) is 4.96. The van der Waals surface area contributed by atoms with Crippen molar-refractivity contribution in [2.45, 2.75) is 19.8 Å². The Morgan fingerprint density at radius 2 is 2.30 bits per heavy atom. The van der Waals surface area contributed by atoms with Gasteiger partial charge in [0.2, 0.25) is 5.82 Å². The van der Waals surface area contributed by atoms with Gasteiger partial charge in [-0.3, -0.25) is 9.89 Å². The first-order valence-corrected chi connectivity index (χ1v) is 6.57. The van der Waals surface area contributed by atoms with E-state index in [1.54, 1.807) is 18.9 Å². The van der Waals surface area contributed by atoms with Gasteiger partial charge >= 0.3 is 0 Å². The number of carbonyl (C=O) groups is 1. The van der Waals surface area contributed by atoms with E-state index in [1.807, 2.05) is 18.2 Å². The average molecular weight is 272 g/mol. The summed E-state index contributed by atoms with van der Waals surface area (Å²) in [6.45, 7) is 2.46. The maximum atomic E-state index is 12.5. The lowest BCUT2D eigenvalue weighted by Crippen LogP contribution is -2.36. The minimum absolute atomic E-state index is 0.166. The van der Waals surface area contributed by atoms with Gasteiger partial charge in [0.15, 0.2) is 0 Å². The van der Waals surface area contributed by atoms with E-state index < -0.39 is 0 Å². The quantitative estimate of drug-likeness (QED) is 0.903. The molecule has 0 saturated carbocycles. The first-order chi connectivity index (χ1) is 9.69. The number of anilines is 1. The third kappa shape index (κ3) is 2.13. The zero-order valence-electron chi connectivity index (χ0n) is 11.5. The Hall–Kier alpha value is -2.37. The van der Waals surface area contributed by atoms with Crippen LogP contribution in [0, 0.1) is 6.92 Å². The molecule has 0 bridgehead atoms. The first-order valence-electron chi connectivity index (χ1n) is 6.57. The van der Waals surface area contributed by atoms with Crippen LogP contribution in [0.15, 0.2) is 18.2 Å². The molecule has 0 fully saturated rings. The van der Waals surface area contributed by atoms with E-state index in [0.29, 0.717) is 12.4 Å². The molecular formula is C14H16N4O2. The van der Waals surface area contributed by atoms with Crippen LogP contribution in [0.1, 0.15) is 28.4 Å². The molecular weight excluding hydrogens is 256 g/mol. The summed E-state index contributed by atoms with van der Waals surface area (Å²) in [5.41, 5.74) is 2.04. The van der Waals surface area contributed by atoms with E-state index in [0.717, 1.165) is 29.8 Å². The summed E-state index contributed by atoms with van der Waals surface area (Å²) in [6, 6.07) is 5.77. The molecule has 0 unspecified atom stereocenters. The van der Waals surface area contributed by atoms with Crippen molar-refractivity contribution in [3.63, 3.8) is 0 Å². The fourth-order valence-corrected chi connectivity index (χ4v) is 2.47. The van der Waals surface area contributed by atoms with E-state index in [9.17, 15) is 4.79 Å². The fraction of sp³-hybridized carbons (Fsp3) is 0.357. The number of benzene rings is 1. The molecule has 0 radical (unpaired) electrons. The molecule has 1 amide bonds. The van der Waals surface area contributed by atoms with Crippen LogP contribution in [-0.2, 0) is 6.42 Å². The summed E-state index contributed by atoms with van der Waals surface area (Å²) < 4.78 is 5.23. The highest BCUT2D eigenvalue weighted by Gasteiger charge is 2.26. The smallest absolute Gasteiger partial charge is 0.297 e. The number of amides is 1. The number of fused-ring (bicyclic) bond motifs is 1. The van der Waals surface area contributed by atoms with Gasteiger partial charge in [-0.05, 0) is 43.5 Å². The van der Waals surface area contributed by atoms with Crippen molar-refractivity contribution in [1.82, 2.24) is 15.2 Å². The number of methoxy groups -OCH3 is 1. The van der Waals surface area contributed by atoms with Gasteiger partial charge in [-0.25, -0.2) is 4.98 Å². The summed E-state index contributed by atoms with van der Waals surface area (Å²) in [6.07, 6.45) is 1.87. The Balaban J connectivity index is 1.95. The second-order valence-corrected chi connectivity index (χ2v) is 4.80. The molecule has 104 valence electrons. The molecule has 1 aromatic heterocycles. The molecule has 20 heavy (non-hydrogen) atoms. The molecule has 6 heteroatoms. The van der Waals surface area contributed by atoms with Crippen molar-refractivity contribution in [2.75, 3.05) is 18.6 Å². The van der Waals surface area contributed by atoms with E-state index >= 15 is 0 Å². The molecule has 0 saturated heterocycles. The van der Waals surface area contributed by atoms with Crippen molar-refractivity contribution in [1.29, 1.82) is 0 Å². The Morgan fingerprint density at radius 1 is 1.45 bits per heavy atom. The lowest BCUT2D eigenvalue weighted by Gasteiger charge is -2.28. The number of ether oxygens (including phenoxy) is 1. The Labute approximate surface area is 116 Å². The van der Waals surface area contributed by atoms with E-state index in [2.05, 4.69) is 15.2 Å². The summed E-state index contributed by atoms with van der Waals surface area (Å²) >= 11 is 0. The lowest BCUT2D eigenvalue weighted by molar-refractivity contribution is 0.0975. The van der Waals surface area contributed by atoms with Gasteiger partial charge in [0.25, 0.3) is 5.91 Å². The van der Waals surface area contributed by atoms with Crippen LogP contribution in [0.25, 0.3) is 0 Å².